The number of nitrogens with one attached hydrogen (secondary N) is 1. The Hall–Kier alpha value is -0.830. The summed E-state index contributed by atoms with van der Waals surface area (Å²) in [6.45, 7) is 3.79. The first-order valence-electron chi connectivity index (χ1n) is 5.76. The molecule has 0 aromatic heterocycles. The Morgan fingerprint density at radius 1 is 1.53 bits per heavy atom. The van der Waals surface area contributed by atoms with E-state index in [9.17, 15) is 4.79 Å². The molecule has 3 heteroatoms. The monoisotopic (exact) mass is 211 g/mol. The third-order valence-electron chi connectivity index (χ3n) is 2.75. The topological polar surface area (TPSA) is 38.3 Å². The summed E-state index contributed by atoms with van der Waals surface area (Å²) < 4.78 is 4.67. The smallest absolute Gasteiger partial charge is 0.333 e. The van der Waals surface area contributed by atoms with Crippen LogP contribution in [0, 0.1) is 5.92 Å². The van der Waals surface area contributed by atoms with Crippen molar-refractivity contribution < 1.29 is 9.53 Å². The van der Waals surface area contributed by atoms with Crippen LogP contribution in [0.15, 0.2) is 11.6 Å². The Bertz CT molecular complexity index is 232. The quantitative estimate of drug-likeness (QED) is 0.397. The standard InChI is InChI=1S/C12H21NO2/c1-3-11(12(14)15-2)7-9-13-8-6-10-4-5-10/h7,10,13H,3-6,8-9H2,1-2H3. The third-order valence-corrected chi connectivity index (χ3v) is 2.75. The molecule has 86 valence electrons. The molecule has 0 aromatic rings. The average Bonchev–Trinajstić information content (AvgIpc) is 3.06. The van der Waals surface area contributed by atoms with Gasteiger partial charge in [0.05, 0.1) is 7.11 Å². The molecule has 0 bridgehead atoms. The van der Waals surface area contributed by atoms with Crippen LogP contribution in [0.5, 0.6) is 0 Å². The maximum atomic E-state index is 11.2. The number of rotatable bonds is 7. The molecule has 1 saturated carbocycles. The van der Waals surface area contributed by atoms with E-state index in [0.717, 1.165) is 31.0 Å². The predicted molar refractivity (Wildman–Crippen MR) is 60.6 cm³/mol. The summed E-state index contributed by atoms with van der Waals surface area (Å²) in [5, 5.41) is 3.32. The van der Waals surface area contributed by atoms with Gasteiger partial charge in [-0.15, -0.1) is 0 Å². The molecule has 0 amide bonds. The molecule has 3 nitrogen and oxygen atoms in total. The zero-order valence-electron chi connectivity index (χ0n) is 9.71. The summed E-state index contributed by atoms with van der Waals surface area (Å²) in [6, 6.07) is 0. The van der Waals surface area contributed by atoms with E-state index in [-0.39, 0.29) is 5.97 Å². The fraction of sp³-hybridized carbons (Fsp3) is 0.750. The van der Waals surface area contributed by atoms with E-state index in [1.54, 1.807) is 0 Å². The Kier molecular flexibility index (Phi) is 5.40. The minimum Gasteiger partial charge on any atom is -0.466 e. The average molecular weight is 211 g/mol. The van der Waals surface area contributed by atoms with Crippen molar-refractivity contribution in [2.24, 2.45) is 5.92 Å². The van der Waals surface area contributed by atoms with Gasteiger partial charge in [-0.25, -0.2) is 4.79 Å². The van der Waals surface area contributed by atoms with E-state index in [4.69, 9.17) is 0 Å². The zero-order chi connectivity index (χ0) is 11.1. The summed E-state index contributed by atoms with van der Waals surface area (Å²) in [7, 11) is 1.42. The molecule has 1 fully saturated rings. The van der Waals surface area contributed by atoms with Gasteiger partial charge in [0.15, 0.2) is 0 Å². The Morgan fingerprint density at radius 2 is 2.27 bits per heavy atom. The second-order valence-corrected chi connectivity index (χ2v) is 4.01. The number of carbonyl (C=O) groups excluding carboxylic acids is 1. The fourth-order valence-corrected chi connectivity index (χ4v) is 1.51. The number of carbonyl (C=O) groups is 1. The van der Waals surface area contributed by atoms with Gasteiger partial charge in [0.25, 0.3) is 0 Å². The Balaban J connectivity index is 2.12. The first-order valence-corrected chi connectivity index (χ1v) is 5.76. The van der Waals surface area contributed by atoms with Crippen molar-refractivity contribution in [1.29, 1.82) is 0 Å². The molecule has 0 heterocycles. The zero-order valence-corrected chi connectivity index (χ0v) is 9.71. The lowest BCUT2D eigenvalue weighted by Crippen LogP contribution is -2.17. The van der Waals surface area contributed by atoms with Gasteiger partial charge in [0.1, 0.15) is 0 Å². The number of ether oxygens (including phenoxy) is 1. The highest BCUT2D eigenvalue weighted by atomic mass is 16.5. The van der Waals surface area contributed by atoms with Gasteiger partial charge in [-0.3, -0.25) is 0 Å². The number of esters is 1. The lowest BCUT2D eigenvalue weighted by molar-refractivity contribution is -0.136. The molecule has 0 unspecified atom stereocenters. The second kappa shape index (κ2) is 6.62. The Labute approximate surface area is 91.9 Å². The maximum absolute atomic E-state index is 11.2. The molecule has 0 radical (unpaired) electrons. The van der Waals surface area contributed by atoms with Crippen LogP contribution in [0.4, 0.5) is 0 Å². The van der Waals surface area contributed by atoms with Gasteiger partial charge >= 0.3 is 5.97 Å². The lowest BCUT2D eigenvalue weighted by Gasteiger charge is -2.03. The van der Waals surface area contributed by atoms with Crippen LogP contribution in [0.1, 0.15) is 32.6 Å². The Morgan fingerprint density at radius 3 is 2.80 bits per heavy atom. The molecule has 0 saturated heterocycles. The molecule has 0 atom stereocenters. The third kappa shape index (κ3) is 4.98. The van der Waals surface area contributed by atoms with Gasteiger partial charge in [0, 0.05) is 12.1 Å². The van der Waals surface area contributed by atoms with Crippen molar-refractivity contribution in [1.82, 2.24) is 5.32 Å². The molecule has 0 aliphatic heterocycles. The molecular weight excluding hydrogens is 190 g/mol. The summed E-state index contributed by atoms with van der Waals surface area (Å²) in [5.41, 5.74) is 0.761. The normalized spacial score (nSPS) is 16.5. The summed E-state index contributed by atoms with van der Waals surface area (Å²) in [6.07, 6.45) is 6.74. The molecular formula is C12H21NO2. The van der Waals surface area contributed by atoms with Crippen LogP contribution < -0.4 is 5.32 Å². The van der Waals surface area contributed by atoms with E-state index in [1.165, 1.54) is 26.4 Å². The van der Waals surface area contributed by atoms with Crippen LogP contribution in [-0.2, 0) is 9.53 Å². The highest BCUT2D eigenvalue weighted by Crippen LogP contribution is 2.31. The first-order chi connectivity index (χ1) is 7.27. The van der Waals surface area contributed by atoms with Crippen LogP contribution in [-0.4, -0.2) is 26.2 Å². The molecule has 1 aliphatic rings. The highest BCUT2D eigenvalue weighted by molar-refractivity contribution is 5.88. The van der Waals surface area contributed by atoms with Gasteiger partial charge < -0.3 is 10.1 Å². The van der Waals surface area contributed by atoms with Crippen molar-refractivity contribution in [2.45, 2.75) is 32.6 Å². The van der Waals surface area contributed by atoms with E-state index in [1.807, 2.05) is 13.0 Å². The highest BCUT2D eigenvalue weighted by Gasteiger charge is 2.19. The number of hydrogen-bond donors (Lipinski definition) is 1. The molecule has 1 rings (SSSR count). The van der Waals surface area contributed by atoms with Crippen LogP contribution >= 0.6 is 0 Å². The maximum Gasteiger partial charge on any atom is 0.333 e. The predicted octanol–water partition coefficient (Wildman–Crippen LogP) is 1.89. The van der Waals surface area contributed by atoms with Gasteiger partial charge in [-0.1, -0.05) is 25.8 Å². The van der Waals surface area contributed by atoms with E-state index < -0.39 is 0 Å². The number of hydrogen-bond acceptors (Lipinski definition) is 3. The summed E-state index contributed by atoms with van der Waals surface area (Å²) in [4.78, 5) is 11.2. The SMILES string of the molecule is CCC(=CCNCCC1CC1)C(=O)OC. The fourth-order valence-electron chi connectivity index (χ4n) is 1.51. The summed E-state index contributed by atoms with van der Waals surface area (Å²) >= 11 is 0. The molecule has 0 spiro atoms. The summed E-state index contributed by atoms with van der Waals surface area (Å²) in [5.74, 6) is 0.759. The van der Waals surface area contributed by atoms with Crippen LogP contribution in [0.2, 0.25) is 0 Å². The van der Waals surface area contributed by atoms with Gasteiger partial charge in [-0.05, 0) is 25.3 Å². The minimum atomic E-state index is -0.207. The molecule has 15 heavy (non-hydrogen) atoms. The largest absolute Gasteiger partial charge is 0.466 e. The molecule has 0 aromatic carbocycles. The van der Waals surface area contributed by atoms with Crippen molar-refractivity contribution in [3.63, 3.8) is 0 Å². The lowest BCUT2D eigenvalue weighted by atomic mass is 10.2. The van der Waals surface area contributed by atoms with Gasteiger partial charge in [0.2, 0.25) is 0 Å². The van der Waals surface area contributed by atoms with E-state index >= 15 is 0 Å². The van der Waals surface area contributed by atoms with Crippen LogP contribution in [0.3, 0.4) is 0 Å². The van der Waals surface area contributed by atoms with Crippen molar-refractivity contribution >= 4 is 5.97 Å². The van der Waals surface area contributed by atoms with Gasteiger partial charge in [-0.2, -0.15) is 0 Å². The van der Waals surface area contributed by atoms with E-state index in [2.05, 4.69) is 10.1 Å². The van der Waals surface area contributed by atoms with Crippen molar-refractivity contribution in [3.05, 3.63) is 11.6 Å². The number of methoxy groups -OCH3 is 1. The molecule has 1 N–H and O–H groups in total. The van der Waals surface area contributed by atoms with E-state index in [0.29, 0.717) is 0 Å². The minimum absolute atomic E-state index is 0.207. The first kappa shape index (κ1) is 12.2. The van der Waals surface area contributed by atoms with Crippen molar-refractivity contribution in [3.8, 4) is 0 Å². The molecule has 1 aliphatic carbocycles. The van der Waals surface area contributed by atoms with Crippen LogP contribution in [0.25, 0.3) is 0 Å². The van der Waals surface area contributed by atoms with Crippen molar-refractivity contribution in [2.75, 3.05) is 20.2 Å². The second-order valence-electron chi connectivity index (χ2n) is 4.01.